The van der Waals surface area contributed by atoms with Crippen molar-refractivity contribution in [3.63, 3.8) is 0 Å². The van der Waals surface area contributed by atoms with Gasteiger partial charge in [-0.1, -0.05) is 18.7 Å². The fourth-order valence-electron chi connectivity index (χ4n) is 6.46. The fourth-order valence-corrected chi connectivity index (χ4v) is 7.41. The highest BCUT2D eigenvalue weighted by atomic mass is 32.1. The number of thiophene rings is 1. The number of carbonyl (C=O) groups is 1. The third-order valence-electron chi connectivity index (χ3n) is 8.88. The van der Waals surface area contributed by atoms with Crippen molar-refractivity contribution in [2.75, 3.05) is 32.3 Å². The molecule has 5 heterocycles. The van der Waals surface area contributed by atoms with Gasteiger partial charge < -0.3 is 24.4 Å². The van der Waals surface area contributed by atoms with Gasteiger partial charge in [-0.25, -0.2) is 13.8 Å². The fraction of sp³-hybridized carbons (Fsp3) is 0.286. The molecule has 242 valence electrons. The Morgan fingerprint density at radius 2 is 1.98 bits per heavy atom. The van der Waals surface area contributed by atoms with Crippen LogP contribution < -0.4 is 9.64 Å². The lowest BCUT2D eigenvalue weighted by Gasteiger charge is -2.33. The number of hydrogen-bond donors (Lipinski definition) is 1. The van der Waals surface area contributed by atoms with Gasteiger partial charge in [0.25, 0.3) is 0 Å². The molecule has 1 unspecified atom stereocenters. The summed E-state index contributed by atoms with van der Waals surface area (Å²) < 4.78 is 44.3. The number of aliphatic hydroxyl groups is 1. The first-order valence-electron chi connectivity index (χ1n) is 15.2. The van der Waals surface area contributed by atoms with E-state index >= 15 is 4.39 Å². The standard InChI is InChI=1S/C35H33F2N5O4S/c1-5-29(43)41-18-23-16-26(39-42(23)17-19(41)2)34-32(31-25(37)14-22(36)15-28(31)46-10-9-45-4)35-24(8-11-47-35)33(38-34)21-7-6-20-13-30(44)40(3)27(20)12-21/h5-8,11-12,14-16,19,30,44H,1,9-10,13,17-18H2,2-4H3/t19-,30?/m1/s1. The summed E-state index contributed by atoms with van der Waals surface area (Å²) in [5.74, 6) is -1.71. The third-order valence-corrected chi connectivity index (χ3v) is 9.81. The summed E-state index contributed by atoms with van der Waals surface area (Å²) in [5, 5.41) is 18.1. The SMILES string of the molecule is C=CC(=O)N1Cc2cc(-c3nc(-c4ccc5c(c4)N(C)C(O)C5)c4ccsc4c3-c3c(F)cc(F)cc3OCCOC)nn2C[C@H]1C. The second-order valence-electron chi connectivity index (χ2n) is 11.8. The Bertz CT molecular complexity index is 2040. The number of aromatic nitrogens is 3. The molecule has 12 heteroatoms. The predicted octanol–water partition coefficient (Wildman–Crippen LogP) is 6.02. The van der Waals surface area contributed by atoms with E-state index in [2.05, 4.69) is 6.58 Å². The molecule has 2 atom stereocenters. The summed E-state index contributed by atoms with van der Waals surface area (Å²) in [7, 11) is 3.37. The highest BCUT2D eigenvalue weighted by molar-refractivity contribution is 7.18. The van der Waals surface area contributed by atoms with E-state index in [1.807, 2.05) is 59.3 Å². The summed E-state index contributed by atoms with van der Waals surface area (Å²) in [6.45, 7) is 6.67. The molecule has 9 nitrogen and oxygen atoms in total. The van der Waals surface area contributed by atoms with Crippen LogP contribution in [0.25, 0.3) is 43.9 Å². The maximum Gasteiger partial charge on any atom is 0.246 e. The summed E-state index contributed by atoms with van der Waals surface area (Å²) in [6, 6.07) is 11.7. The van der Waals surface area contributed by atoms with Gasteiger partial charge in [0.1, 0.15) is 41.6 Å². The summed E-state index contributed by atoms with van der Waals surface area (Å²) in [6.07, 6.45) is 1.21. The topological polar surface area (TPSA) is 93.0 Å². The molecule has 0 bridgehead atoms. The summed E-state index contributed by atoms with van der Waals surface area (Å²) >= 11 is 1.42. The zero-order valence-corrected chi connectivity index (χ0v) is 27.0. The molecule has 0 saturated carbocycles. The summed E-state index contributed by atoms with van der Waals surface area (Å²) in [4.78, 5) is 21.4. The molecule has 7 rings (SSSR count). The molecule has 0 aliphatic carbocycles. The number of hydrogen-bond acceptors (Lipinski definition) is 8. The molecular formula is C35H33F2N5O4S. The lowest BCUT2D eigenvalue weighted by molar-refractivity contribution is -0.129. The van der Waals surface area contributed by atoms with Crippen LogP contribution >= 0.6 is 11.3 Å². The Labute approximate surface area is 274 Å². The largest absolute Gasteiger partial charge is 0.490 e. The molecule has 2 aliphatic heterocycles. The van der Waals surface area contributed by atoms with Crippen LogP contribution in [0.2, 0.25) is 0 Å². The maximum absolute atomic E-state index is 16.1. The number of rotatable bonds is 8. The first kappa shape index (κ1) is 31.0. The zero-order chi connectivity index (χ0) is 33.0. The number of pyridine rings is 1. The van der Waals surface area contributed by atoms with Gasteiger partial charge in [-0.15, -0.1) is 11.3 Å². The number of nitrogens with zero attached hydrogens (tertiary/aromatic N) is 5. The van der Waals surface area contributed by atoms with Crippen LogP contribution in [0.1, 0.15) is 18.2 Å². The van der Waals surface area contributed by atoms with Crippen LogP contribution in [0.5, 0.6) is 5.75 Å². The number of aliphatic hydroxyl groups excluding tert-OH is 1. The Morgan fingerprint density at radius 3 is 2.77 bits per heavy atom. The van der Waals surface area contributed by atoms with Gasteiger partial charge in [0.15, 0.2) is 0 Å². The Hall–Kier alpha value is -4.65. The van der Waals surface area contributed by atoms with E-state index in [1.165, 1.54) is 30.6 Å². The van der Waals surface area contributed by atoms with E-state index in [4.69, 9.17) is 19.6 Å². The number of carbonyl (C=O) groups excluding carboxylic acids is 1. The number of methoxy groups -OCH3 is 1. The number of amides is 1. The van der Waals surface area contributed by atoms with Crippen molar-refractivity contribution in [3.05, 3.63) is 83.4 Å². The van der Waals surface area contributed by atoms with E-state index in [9.17, 15) is 14.3 Å². The molecule has 47 heavy (non-hydrogen) atoms. The van der Waals surface area contributed by atoms with Crippen molar-refractivity contribution in [1.82, 2.24) is 19.7 Å². The van der Waals surface area contributed by atoms with Gasteiger partial charge in [-0.05, 0) is 42.1 Å². The quantitative estimate of drug-likeness (QED) is 0.161. The molecule has 1 N–H and O–H groups in total. The van der Waals surface area contributed by atoms with Gasteiger partial charge in [-0.3, -0.25) is 9.48 Å². The van der Waals surface area contributed by atoms with Crippen molar-refractivity contribution in [3.8, 4) is 39.5 Å². The molecule has 0 radical (unpaired) electrons. The van der Waals surface area contributed by atoms with E-state index < -0.39 is 17.9 Å². The van der Waals surface area contributed by atoms with E-state index in [1.54, 1.807) is 4.90 Å². The summed E-state index contributed by atoms with van der Waals surface area (Å²) in [5.41, 5.74) is 5.57. The van der Waals surface area contributed by atoms with Gasteiger partial charge >= 0.3 is 0 Å². The Morgan fingerprint density at radius 1 is 1.15 bits per heavy atom. The van der Waals surface area contributed by atoms with Crippen LogP contribution in [-0.4, -0.2) is 70.3 Å². The molecule has 3 aromatic heterocycles. The van der Waals surface area contributed by atoms with Crippen molar-refractivity contribution in [1.29, 1.82) is 0 Å². The van der Waals surface area contributed by atoms with Crippen molar-refractivity contribution >= 4 is 33.0 Å². The van der Waals surface area contributed by atoms with Gasteiger partial charge in [0, 0.05) is 65.7 Å². The average Bonchev–Trinajstić information content (AvgIpc) is 3.77. The minimum atomic E-state index is -0.795. The highest BCUT2D eigenvalue weighted by Gasteiger charge is 2.31. The number of fused-ring (bicyclic) bond motifs is 3. The molecule has 2 aliphatic rings. The van der Waals surface area contributed by atoms with Crippen molar-refractivity contribution in [2.24, 2.45) is 0 Å². The van der Waals surface area contributed by atoms with Crippen molar-refractivity contribution < 1.29 is 28.2 Å². The first-order chi connectivity index (χ1) is 22.7. The highest BCUT2D eigenvalue weighted by Crippen LogP contribution is 2.48. The molecule has 2 aromatic carbocycles. The molecule has 0 fully saturated rings. The molecule has 0 spiro atoms. The zero-order valence-electron chi connectivity index (χ0n) is 26.2. The Balaban J connectivity index is 1.48. The van der Waals surface area contributed by atoms with Crippen LogP contribution in [0, 0.1) is 11.6 Å². The van der Waals surface area contributed by atoms with E-state index in [0.29, 0.717) is 42.2 Å². The molecule has 5 aromatic rings. The van der Waals surface area contributed by atoms with Crippen LogP contribution in [-0.2, 0) is 29.0 Å². The van der Waals surface area contributed by atoms with Gasteiger partial charge in [0.05, 0.1) is 36.6 Å². The number of ether oxygens (including phenoxy) is 2. The molecule has 0 saturated heterocycles. The van der Waals surface area contributed by atoms with E-state index in [0.717, 1.165) is 38.7 Å². The predicted molar refractivity (Wildman–Crippen MR) is 177 cm³/mol. The Kier molecular flexibility index (Phi) is 8.03. The number of likely N-dealkylation sites (N-methyl/N-ethyl adjacent to an activating group) is 1. The lowest BCUT2D eigenvalue weighted by Crippen LogP contribution is -2.44. The van der Waals surface area contributed by atoms with Crippen molar-refractivity contribution in [2.45, 2.75) is 38.7 Å². The normalized spacial score (nSPS) is 17.2. The number of halogens is 2. The van der Waals surface area contributed by atoms with Gasteiger partial charge in [0.2, 0.25) is 5.91 Å². The van der Waals surface area contributed by atoms with Crippen LogP contribution in [0.15, 0.2) is 60.5 Å². The number of anilines is 1. The van der Waals surface area contributed by atoms with E-state index in [-0.39, 0.29) is 36.5 Å². The molecular weight excluding hydrogens is 624 g/mol. The second kappa shape index (κ2) is 12.2. The van der Waals surface area contributed by atoms with Crippen LogP contribution in [0.3, 0.4) is 0 Å². The lowest BCUT2D eigenvalue weighted by atomic mass is 9.96. The second-order valence-corrected chi connectivity index (χ2v) is 12.7. The average molecular weight is 658 g/mol. The van der Waals surface area contributed by atoms with Crippen LogP contribution in [0.4, 0.5) is 14.5 Å². The minimum Gasteiger partial charge on any atom is -0.490 e. The monoisotopic (exact) mass is 657 g/mol. The smallest absolute Gasteiger partial charge is 0.246 e. The third kappa shape index (κ3) is 5.35. The first-order valence-corrected chi connectivity index (χ1v) is 16.1. The minimum absolute atomic E-state index is 0.0264. The maximum atomic E-state index is 16.1. The number of benzene rings is 2. The van der Waals surface area contributed by atoms with Gasteiger partial charge in [-0.2, -0.15) is 5.10 Å². The molecule has 1 amide bonds.